The van der Waals surface area contributed by atoms with Crippen LogP contribution in [0.3, 0.4) is 0 Å². The van der Waals surface area contributed by atoms with E-state index >= 15 is 0 Å². The number of halogens is 2. The van der Waals surface area contributed by atoms with Crippen LogP contribution < -0.4 is 5.32 Å². The first-order chi connectivity index (χ1) is 10.8. The molecule has 0 aliphatic carbocycles. The molecule has 1 aromatic carbocycles. The summed E-state index contributed by atoms with van der Waals surface area (Å²) < 4.78 is 5.29. The van der Waals surface area contributed by atoms with Crippen LogP contribution in [0.15, 0.2) is 30.9 Å². The van der Waals surface area contributed by atoms with Gasteiger partial charge in [-0.1, -0.05) is 29.3 Å². The molecule has 2 atom stereocenters. The number of hydrogen-bond acceptors (Lipinski definition) is 3. The Hall–Kier alpha value is -1.56. The molecule has 1 aromatic rings. The molecule has 1 amide bonds. The number of aliphatic carboxylic acids is 1. The summed E-state index contributed by atoms with van der Waals surface area (Å²) in [4.78, 5) is 23.4. The molecular weight excluding hydrogens is 341 g/mol. The van der Waals surface area contributed by atoms with Crippen LogP contribution in [0, 0.1) is 0 Å². The van der Waals surface area contributed by atoms with Gasteiger partial charge in [-0.15, -0.1) is 6.58 Å². The van der Waals surface area contributed by atoms with Crippen LogP contribution in [0.5, 0.6) is 0 Å². The van der Waals surface area contributed by atoms with Gasteiger partial charge in [0.2, 0.25) is 5.91 Å². The van der Waals surface area contributed by atoms with E-state index in [0.29, 0.717) is 28.6 Å². The number of rotatable bonds is 9. The second kappa shape index (κ2) is 9.55. The summed E-state index contributed by atoms with van der Waals surface area (Å²) in [6.07, 6.45) is 1.61. The third-order valence-electron chi connectivity index (χ3n) is 3.04. The summed E-state index contributed by atoms with van der Waals surface area (Å²) in [6, 6.07) is 3.68. The van der Waals surface area contributed by atoms with Crippen LogP contribution in [0.1, 0.15) is 18.9 Å². The molecule has 2 N–H and O–H groups in total. The van der Waals surface area contributed by atoms with Crippen LogP contribution >= 0.6 is 23.2 Å². The van der Waals surface area contributed by atoms with Crippen LogP contribution in [0.25, 0.3) is 0 Å². The Morgan fingerprint density at radius 3 is 2.48 bits per heavy atom. The molecule has 0 spiro atoms. The fraction of sp³-hybridized carbons (Fsp3) is 0.375. The zero-order valence-corrected chi connectivity index (χ0v) is 14.2. The van der Waals surface area contributed by atoms with E-state index in [-0.39, 0.29) is 6.42 Å². The van der Waals surface area contributed by atoms with Gasteiger partial charge in [-0.3, -0.25) is 4.79 Å². The molecule has 126 valence electrons. The highest BCUT2D eigenvalue weighted by atomic mass is 35.5. The summed E-state index contributed by atoms with van der Waals surface area (Å²) >= 11 is 11.8. The van der Waals surface area contributed by atoms with Crippen molar-refractivity contribution in [3.05, 3.63) is 46.5 Å². The van der Waals surface area contributed by atoms with Gasteiger partial charge in [-0.05, 0) is 37.1 Å². The monoisotopic (exact) mass is 359 g/mol. The van der Waals surface area contributed by atoms with Gasteiger partial charge in [0.1, 0.15) is 12.1 Å². The molecule has 0 fully saturated rings. The van der Waals surface area contributed by atoms with E-state index in [1.54, 1.807) is 31.2 Å². The Labute approximate surface area is 145 Å². The van der Waals surface area contributed by atoms with Crippen molar-refractivity contribution in [2.45, 2.75) is 31.9 Å². The molecule has 0 saturated heterocycles. The third kappa shape index (κ3) is 7.03. The minimum atomic E-state index is -1.15. The van der Waals surface area contributed by atoms with Crippen LogP contribution in [0.4, 0.5) is 0 Å². The molecule has 1 rings (SSSR count). The average Bonchev–Trinajstić information content (AvgIpc) is 2.45. The highest BCUT2D eigenvalue weighted by molar-refractivity contribution is 6.34. The van der Waals surface area contributed by atoms with E-state index in [1.165, 1.54) is 0 Å². The highest BCUT2D eigenvalue weighted by Gasteiger charge is 2.23. The van der Waals surface area contributed by atoms with Gasteiger partial charge in [0, 0.05) is 16.5 Å². The predicted molar refractivity (Wildman–Crippen MR) is 90.0 cm³/mol. The lowest BCUT2D eigenvalue weighted by molar-refractivity contribution is -0.144. The van der Waals surface area contributed by atoms with Crippen molar-refractivity contribution in [3.63, 3.8) is 0 Å². The normalized spacial score (nSPS) is 13.2. The highest BCUT2D eigenvalue weighted by Crippen LogP contribution is 2.20. The molecular formula is C16H19Cl2NO4. The zero-order chi connectivity index (χ0) is 17.4. The van der Waals surface area contributed by atoms with Crippen molar-refractivity contribution < 1.29 is 19.4 Å². The molecule has 5 nitrogen and oxygen atoms in total. The summed E-state index contributed by atoms with van der Waals surface area (Å²) in [7, 11) is 0. The molecule has 23 heavy (non-hydrogen) atoms. The van der Waals surface area contributed by atoms with Crippen LogP contribution in [0.2, 0.25) is 10.0 Å². The molecule has 0 radical (unpaired) electrons. The lowest BCUT2D eigenvalue weighted by Gasteiger charge is -2.18. The minimum absolute atomic E-state index is 0.0702. The topological polar surface area (TPSA) is 75.6 Å². The van der Waals surface area contributed by atoms with Crippen molar-refractivity contribution in [1.82, 2.24) is 5.32 Å². The van der Waals surface area contributed by atoms with Gasteiger partial charge < -0.3 is 15.2 Å². The third-order valence-corrected chi connectivity index (χ3v) is 3.47. The second-order valence-electron chi connectivity index (χ2n) is 4.97. The lowest BCUT2D eigenvalue weighted by Crippen LogP contribution is -2.46. The van der Waals surface area contributed by atoms with Crippen molar-refractivity contribution >= 4 is 35.1 Å². The van der Waals surface area contributed by atoms with E-state index in [4.69, 9.17) is 27.9 Å². The van der Waals surface area contributed by atoms with Gasteiger partial charge in [-0.2, -0.15) is 0 Å². The molecule has 7 heteroatoms. The SMILES string of the molecule is C=CCCOC(C)C(=O)NC(Cc1cc(Cl)cc(Cl)c1)C(=O)O. The number of amides is 1. The fourth-order valence-electron chi connectivity index (χ4n) is 1.86. The standard InChI is InChI=1S/C16H19Cl2NO4/c1-3-4-5-23-10(2)15(20)19-14(16(21)22)8-11-6-12(17)9-13(18)7-11/h3,6-7,9-10,14H,1,4-5,8H2,2H3,(H,19,20)(H,21,22). The Morgan fingerprint density at radius 2 is 1.96 bits per heavy atom. The smallest absolute Gasteiger partial charge is 0.326 e. The van der Waals surface area contributed by atoms with Gasteiger partial charge in [0.05, 0.1) is 6.61 Å². The molecule has 0 aliphatic heterocycles. The van der Waals surface area contributed by atoms with Crippen molar-refractivity contribution in [2.24, 2.45) is 0 Å². The van der Waals surface area contributed by atoms with Gasteiger partial charge in [0.25, 0.3) is 0 Å². The summed E-state index contributed by atoms with van der Waals surface area (Å²) in [5, 5.41) is 12.6. The molecule has 0 aromatic heterocycles. The Morgan fingerprint density at radius 1 is 1.35 bits per heavy atom. The molecule has 0 heterocycles. The van der Waals surface area contributed by atoms with E-state index in [2.05, 4.69) is 11.9 Å². The quantitative estimate of drug-likeness (QED) is 0.524. The van der Waals surface area contributed by atoms with Crippen molar-refractivity contribution in [1.29, 1.82) is 0 Å². The van der Waals surface area contributed by atoms with Crippen molar-refractivity contribution in [3.8, 4) is 0 Å². The van der Waals surface area contributed by atoms with Crippen molar-refractivity contribution in [2.75, 3.05) is 6.61 Å². The molecule has 0 bridgehead atoms. The largest absolute Gasteiger partial charge is 0.480 e. The number of carbonyl (C=O) groups is 2. The first kappa shape index (κ1) is 19.5. The maximum absolute atomic E-state index is 12.0. The lowest BCUT2D eigenvalue weighted by atomic mass is 10.1. The predicted octanol–water partition coefficient (Wildman–Crippen LogP) is 3.09. The summed E-state index contributed by atoms with van der Waals surface area (Å²) in [6.45, 7) is 5.47. The number of ether oxygens (including phenoxy) is 1. The number of carboxylic acids is 1. The number of benzene rings is 1. The second-order valence-corrected chi connectivity index (χ2v) is 5.84. The first-order valence-corrected chi connectivity index (χ1v) is 7.79. The summed E-state index contributed by atoms with van der Waals surface area (Å²) in [5.74, 6) is -1.64. The minimum Gasteiger partial charge on any atom is -0.480 e. The molecule has 0 aliphatic rings. The average molecular weight is 360 g/mol. The van der Waals surface area contributed by atoms with Gasteiger partial charge >= 0.3 is 5.97 Å². The van der Waals surface area contributed by atoms with Gasteiger partial charge in [-0.25, -0.2) is 4.79 Å². The molecule has 0 saturated carbocycles. The number of nitrogens with one attached hydrogen (secondary N) is 1. The van der Waals surface area contributed by atoms with E-state index in [1.807, 2.05) is 0 Å². The van der Waals surface area contributed by atoms with Crippen LogP contribution in [-0.4, -0.2) is 35.7 Å². The number of carboxylic acid groups (broad SMARTS) is 1. The van der Waals surface area contributed by atoms with E-state index < -0.39 is 24.0 Å². The number of carbonyl (C=O) groups excluding carboxylic acids is 1. The van der Waals surface area contributed by atoms with Crippen LogP contribution in [-0.2, 0) is 20.7 Å². The molecule has 2 unspecified atom stereocenters. The zero-order valence-electron chi connectivity index (χ0n) is 12.7. The maximum atomic E-state index is 12.0. The first-order valence-electron chi connectivity index (χ1n) is 7.04. The number of hydrogen-bond donors (Lipinski definition) is 2. The van der Waals surface area contributed by atoms with E-state index in [9.17, 15) is 14.7 Å². The fourth-order valence-corrected chi connectivity index (χ4v) is 2.43. The maximum Gasteiger partial charge on any atom is 0.326 e. The summed E-state index contributed by atoms with van der Waals surface area (Å²) in [5.41, 5.74) is 0.621. The Kier molecular flexibility index (Phi) is 8.09. The Bertz CT molecular complexity index is 557. The Balaban J connectivity index is 2.69. The van der Waals surface area contributed by atoms with Gasteiger partial charge in [0.15, 0.2) is 0 Å². The van der Waals surface area contributed by atoms with E-state index in [0.717, 1.165) is 0 Å².